The highest BCUT2D eigenvalue weighted by atomic mass is 35.7. The molecule has 4 rings (SSSR count). The predicted octanol–water partition coefficient (Wildman–Crippen LogP) is 1.76. The summed E-state index contributed by atoms with van der Waals surface area (Å²) in [4.78, 5) is 0. The molecular weight excluding hydrogens is 392 g/mol. The molecule has 148 valence electrons. The maximum Gasteiger partial charge on any atom is 0.143 e. The molecule has 1 atom stereocenters. The van der Waals surface area contributed by atoms with Gasteiger partial charge in [0.2, 0.25) is 0 Å². The van der Waals surface area contributed by atoms with E-state index in [1.165, 1.54) is 11.1 Å². The van der Waals surface area contributed by atoms with E-state index in [9.17, 15) is 0 Å². The second-order valence-corrected chi connectivity index (χ2v) is 7.00. The molecule has 0 aromatic heterocycles. The minimum Gasteiger partial charge on any atom is -0.481 e. The van der Waals surface area contributed by atoms with E-state index in [4.69, 9.17) is 23.4 Å². The molecule has 0 saturated carbocycles. The van der Waals surface area contributed by atoms with Gasteiger partial charge in [-0.2, -0.15) is 14.0 Å². The topological polar surface area (TPSA) is 98.6 Å². The fourth-order valence-corrected chi connectivity index (χ4v) is 2.93. The summed E-state index contributed by atoms with van der Waals surface area (Å²) >= 11 is 0. The molecule has 0 spiro atoms. The Morgan fingerprint density at radius 3 is 1.66 bits per heavy atom. The van der Waals surface area contributed by atoms with Crippen molar-refractivity contribution in [2.24, 2.45) is 0 Å². The average molecular weight is 411 g/mol. The third kappa shape index (κ3) is 6.57. The monoisotopic (exact) mass is 410 g/mol. The van der Waals surface area contributed by atoms with Crippen LogP contribution in [0.4, 0.5) is 0 Å². The van der Waals surface area contributed by atoms with Crippen molar-refractivity contribution < 1.29 is 33.6 Å². The van der Waals surface area contributed by atoms with Gasteiger partial charge in [-0.3, -0.25) is 0 Å². The lowest BCUT2D eigenvalue weighted by molar-refractivity contribution is -1.92. The molecule has 1 unspecified atom stereocenters. The number of halogens is 1. The van der Waals surface area contributed by atoms with Gasteiger partial charge in [-0.25, -0.2) is 0 Å². The van der Waals surface area contributed by atoms with E-state index in [2.05, 4.69) is 72.8 Å². The van der Waals surface area contributed by atoms with Gasteiger partial charge in [0.05, 0.1) is 14.9 Å². The van der Waals surface area contributed by atoms with Crippen molar-refractivity contribution in [3.05, 3.63) is 120 Å². The molecule has 29 heavy (non-hydrogen) atoms. The Morgan fingerprint density at radius 1 is 0.690 bits per heavy atom. The van der Waals surface area contributed by atoms with Crippen LogP contribution in [0.15, 0.2) is 103 Å². The van der Waals surface area contributed by atoms with Crippen LogP contribution in [0.2, 0.25) is 0 Å². The number of ether oxygens (including phenoxy) is 1. The molecule has 3 aromatic carbocycles. The van der Waals surface area contributed by atoms with Gasteiger partial charge in [0, 0.05) is 5.56 Å². The fraction of sp³-hybridized carbons (Fsp3) is 0.0435. The molecule has 1 aliphatic heterocycles. The van der Waals surface area contributed by atoms with Crippen molar-refractivity contribution in [2.45, 2.75) is 6.10 Å². The summed E-state index contributed by atoms with van der Waals surface area (Å²) in [6, 6.07) is 31.1. The zero-order valence-corrected chi connectivity index (χ0v) is 16.1. The number of hydrogen-bond donors (Lipinski definition) is 1. The second kappa shape index (κ2) is 9.52. The summed E-state index contributed by atoms with van der Waals surface area (Å²) in [6.07, 6.45) is 4.24. The van der Waals surface area contributed by atoms with Crippen LogP contribution in [0.3, 0.4) is 0 Å². The van der Waals surface area contributed by atoms with E-state index in [0.717, 1.165) is 16.9 Å². The average Bonchev–Trinajstić information content (AvgIpc) is 2.74. The maximum absolute atomic E-state index is 8.60. The molecular formula is C23H19ClO5. The summed E-state index contributed by atoms with van der Waals surface area (Å²) in [5, 5.41) is 0. The van der Waals surface area contributed by atoms with Gasteiger partial charge in [-0.1, -0.05) is 91.0 Å². The number of hydrogen-bond acceptors (Lipinski definition) is 5. The lowest BCUT2D eigenvalue weighted by atomic mass is 9.97. The van der Waals surface area contributed by atoms with Crippen LogP contribution in [-0.4, -0.2) is 4.66 Å². The Balaban J connectivity index is 0.000000431. The summed E-state index contributed by atoms with van der Waals surface area (Å²) in [6.45, 7) is 0. The number of allylic oxidation sites excluding steroid dienone is 2. The van der Waals surface area contributed by atoms with Gasteiger partial charge < -0.3 is 4.74 Å². The second-order valence-electron chi connectivity index (χ2n) is 6.21. The van der Waals surface area contributed by atoms with Crippen LogP contribution in [-0.2, 0) is 4.74 Å². The van der Waals surface area contributed by atoms with Crippen molar-refractivity contribution in [1.29, 1.82) is 0 Å². The zero-order valence-electron chi connectivity index (χ0n) is 15.4. The fourth-order valence-electron chi connectivity index (χ4n) is 2.93. The SMILES string of the molecule is C1=C(c2ccccc2)C=C(c2ccccc2)OC1c1ccccc1.[O-][Cl+3]([O-])([O-])O. The molecule has 0 amide bonds. The highest BCUT2D eigenvalue weighted by Gasteiger charge is 2.19. The molecule has 1 heterocycles. The van der Waals surface area contributed by atoms with E-state index in [1.54, 1.807) is 0 Å². The maximum atomic E-state index is 8.60. The van der Waals surface area contributed by atoms with E-state index in [0.29, 0.717) is 0 Å². The lowest BCUT2D eigenvalue weighted by Gasteiger charge is -2.24. The van der Waals surface area contributed by atoms with Gasteiger partial charge in [0.25, 0.3) is 0 Å². The lowest BCUT2D eigenvalue weighted by Crippen LogP contribution is -2.58. The molecule has 0 aliphatic carbocycles. The van der Waals surface area contributed by atoms with Gasteiger partial charge >= 0.3 is 0 Å². The van der Waals surface area contributed by atoms with Crippen molar-refractivity contribution in [1.82, 2.24) is 0 Å². The van der Waals surface area contributed by atoms with E-state index >= 15 is 0 Å². The minimum absolute atomic E-state index is 0.0818. The summed E-state index contributed by atoms with van der Waals surface area (Å²) in [5.74, 6) is 0.908. The van der Waals surface area contributed by atoms with E-state index in [1.807, 2.05) is 30.3 Å². The molecule has 0 fully saturated rings. The van der Waals surface area contributed by atoms with Crippen LogP contribution in [0.5, 0.6) is 0 Å². The summed E-state index contributed by atoms with van der Waals surface area (Å²) in [5.41, 5.74) is 4.65. The van der Waals surface area contributed by atoms with Gasteiger partial charge in [0.1, 0.15) is 11.9 Å². The first-order valence-corrected chi connectivity index (χ1v) is 10.1. The Kier molecular flexibility index (Phi) is 6.82. The molecule has 3 aromatic rings. The third-order valence-corrected chi connectivity index (χ3v) is 4.16. The van der Waals surface area contributed by atoms with Gasteiger partial charge in [-0.05, 0) is 28.9 Å². The third-order valence-electron chi connectivity index (χ3n) is 4.16. The zero-order chi connectivity index (χ0) is 20.7. The first-order valence-electron chi connectivity index (χ1n) is 8.79. The first-order chi connectivity index (χ1) is 13.9. The molecule has 0 saturated heterocycles. The molecule has 0 bridgehead atoms. The van der Waals surface area contributed by atoms with Crippen LogP contribution >= 0.6 is 0 Å². The van der Waals surface area contributed by atoms with Crippen LogP contribution in [0.25, 0.3) is 11.3 Å². The Morgan fingerprint density at radius 2 is 1.14 bits per heavy atom. The van der Waals surface area contributed by atoms with Gasteiger partial charge in [0.15, 0.2) is 0 Å². The summed E-state index contributed by atoms with van der Waals surface area (Å²) < 4.78 is 39.0. The predicted molar refractivity (Wildman–Crippen MR) is 101 cm³/mol. The Hall–Kier alpha value is -2.93. The van der Waals surface area contributed by atoms with Gasteiger partial charge in [-0.15, -0.1) is 0 Å². The molecule has 0 radical (unpaired) electrons. The standard InChI is InChI=1S/C23H18O.ClHO4/c1-4-10-18(11-5-1)21-16-22(19-12-6-2-7-13-19)24-23(17-21)20-14-8-3-9-15-20;2-1(3,4)5/h1-17,22H;(H,2,3,4,5). The number of benzene rings is 3. The minimum atomic E-state index is -4.69. The molecule has 1 N–H and O–H groups in total. The Bertz CT molecular complexity index is 958. The number of rotatable bonds is 3. The van der Waals surface area contributed by atoms with Crippen molar-refractivity contribution in [3.8, 4) is 0 Å². The quantitative estimate of drug-likeness (QED) is 0.709. The van der Waals surface area contributed by atoms with Crippen molar-refractivity contribution in [2.75, 3.05) is 0 Å². The van der Waals surface area contributed by atoms with Crippen molar-refractivity contribution in [3.63, 3.8) is 0 Å². The highest BCUT2D eigenvalue weighted by Crippen LogP contribution is 2.36. The molecule has 1 aliphatic rings. The van der Waals surface area contributed by atoms with E-state index in [-0.39, 0.29) is 6.10 Å². The first kappa shape index (κ1) is 20.8. The smallest absolute Gasteiger partial charge is 0.143 e. The van der Waals surface area contributed by atoms with Crippen LogP contribution in [0.1, 0.15) is 22.8 Å². The van der Waals surface area contributed by atoms with E-state index < -0.39 is 10.2 Å². The Labute approximate surface area is 171 Å². The molecule has 6 heteroatoms. The summed E-state index contributed by atoms with van der Waals surface area (Å²) in [7, 11) is -4.69. The molecule has 5 nitrogen and oxygen atoms in total. The van der Waals surface area contributed by atoms with Crippen LogP contribution < -0.4 is 14.0 Å². The van der Waals surface area contributed by atoms with Crippen LogP contribution in [0, 0.1) is 10.2 Å². The highest BCUT2D eigenvalue weighted by molar-refractivity contribution is 5.83. The normalized spacial score (nSPS) is 15.9. The largest absolute Gasteiger partial charge is 0.481 e. The van der Waals surface area contributed by atoms with Crippen molar-refractivity contribution >= 4 is 11.3 Å².